The number of pyridine rings is 2. The van der Waals surface area contributed by atoms with Crippen LogP contribution in [0.15, 0.2) is 104 Å². The summed E-state index contributed by atoms with van der Waals surface area (Å²) in [5.74, 6) is 1.88. The van der Waals surface area contributed by atoms with Crippen molar-refractivity contribution in [1.82, 2.24) is 30.1 Å². The Hall–Kier alpha value is -5.44. The van der Waals surface area contributed by atoms with Crippen LogP contribution in [0.25, 0.3) is 33.4 Å². The SMILES string of the molecule is Nc1nccc(-c2cccnc2Oc2ccc(Nc3nnc(-c4ccccn4)c4ccccc34)cc2)n1. The number of nitrogens with zero attached hydrogens (tertiary/aromatic N) is 6. The molecule has 9 heteroatoms. The van der Waals surface area contributed by atoms with E-state index < -0.39 is 0 Å². The molecule has 2 aromatic carbocycles. The number of anilines is 3. The number of hydrogen-bond acceptors (Lipinski definition) is 9. The van der Waals surface area contributed by atoms with Gasteiger partial charge >= 0.3 is 0 Å². The zero-order valence-corrected chi connectivity index (χ0v) is 19.5. The van der Waals surface area contributed by atoms with Crippen molar-refractivity contribution >= 4 is 28.2 Å². The minimum absolute atomic E-state index is 0.186. The lowest BCUT2D eigenvalue weighted by Gasteiger charge is -2.12. The van der Waals surface area contributed by atoms with Crippen molar-refractivity contribution in [3.05, 3.63) is 104 Å². The first-order valence-corrected chi connectivity index (χ1v) is 11.5. The van der Waals surface area contributed by atoms with Gasteiger partial charge in [0.25, 0.3) is 0 Å². The smallest absolute Gasteiger partial charge is 0.228 e. The lowest BCUT2D eigenvalue weighted by atomic mass is 10.1. The lowest BCUT2D eigenvalue weighted by Crippen LogP contribution is -2.00. The van der Waals surface area contributed by atoms with Gasteiger partial charge in [-0.25, -0.2) is 15.0 Å². The summed E-state index contributed by atoms with van der Waals surface area (Å²) in [5, 5.41) is 14.2. The fraction of sp³-hybridized carbons (Fsp3) is 0. The fourth-order valence-electron chi connectivity index (χ4n) is 3.93. The molecular formula is C28H20N8O. The largest absolute Gasteiger partial charge is 0.438 e. The van der Waals surface area contributed by atoms with Gasteiger partial charge in [0, 0.05) is 35.1 Å². The van der Waals surface area contributed by atoms with Gasteiger partial charge in [0.2, 0.25) is 11.8 Å². The van der Waals surface area contributed by atoms with Crippen LogP contribution < -0.4 is 15.8 Å². The van der Waals surface area contributed by atoms with Crippen molar-refractivity contribution in [3.63, 3.8) is 0 Å². The van der Waals surface area contributed by atoms with Gasteiger partial charge in [-0.05, 0) is 54.6 Å². The van der Waals surface area contributed by atoms with Gasteiger partial charge in [-0.15, -0.1) is 10.2 Å². The number of nitrogens with two attached hydrogens (primary N) is 1. The van der Waals surface area contributed by atoms with E-state index in [4.69, 9.17) is 10.5 Å². The molecule has 0 radical (unpaired) electrons. The number of hydrogen-bond donors (Lipinski definition) is 2. The molecule has 0 amide bonds. The highest BCUT2D eigenvalue weighted by Gasteiger charge is 2.13. The van der Waals surface area contributed by atoms with E-state index in [9.17, 15) is 0 Å². The average molecular weight is 485 g/mol. The summed E-state index contributed by atoms with van der Waals surface area (Å²) in [4.78, 5) is 17.0. The summed E-state index contributed by atoms with van der Waals surface area (Å²) in [6.45, 7) is 0. The molecule has 0 unspecified atom stereocenters. The molecule has 0 aliphatic heterocycles. The molecule has 0 bridgehead atoms. The molecule has 6 aromatic rings. The van der Waals surface area contributed by atoms with E-state index in [0.717, 1.165) is 27.8 Å². The number of benzene rings is 2. The second kappa shape index (κ2) is 9.67. The molecule has 0 saturated carbocycles. The predicted octanol–water partition coefficient (Wildman–Crippen LogP) is 5.66. The van der Waals surface area contributed by atoms with Crippen LogP contribution in [0.5, 0.6) is 11.6 Å². The van der Waals surface area contributed by atoms with E-state index in [1.807, 2.05) is 78.9 Å². The second-order valence-corrected chi connectivity index (χ2v) is 8.07. The maximum Gasteiger partial charge on any atom is 0.228 e. The van der Waals surface area contributed by atoms with Gasteiger partial charge in [-0.1, -0.05) is 30.3 Å². The van der Waals surface area contributed by atoms with Gasteiger partial charge in [-0.3, -0.25) is 4.98 Å². The molecule has 0 saturated heterocycles. The summed E-state index contributed by atoms with van der Waals surface area (Å²) in [7, 11) is 0. The van der Waals surface area contributed by atoms with Gasteiger partial charge in [0.15, 0.2) is 5.82 Å². The number of nitrogens with one attached hydrogen (secondary N) is 1. The summed E-state index contributed by atoms with van der Waals surface area (Å²) in [6, 6.07) is 26.7. The van der Waals surface area contributed by atoms with Gasteiger partial charge in [0.1, 0.15) is 11.4 Å². The molecule has 0 atom stereocenters. The predicted molar refractivity (Wildman–Crippen MR) is 142 cm³/mol. The third-order valence-electron chi connectivity index (χ3n) is 5.65. The Balaban J connectivity index is 1.26. The Labute approximate surface area is 212 Å². The molecule has 4 aromatic heterocycles. The third kappa shape index (κ3) is 4.61. The van der Waals surface area contributed by atoms with Crippen LogP contribution in [-0.4, -0.2) is 30.1 Å². The van der Waals surface area contributed by atoms with E-state index in [2.05, 4.69) is 35.5 Å². The van der Waals surface area contributed by atoms with Crippen LogP contribution in [0, 0.1) is 0 Å². The number of fused-ring (bicyclic) bond motifs is 1. The number of ether oxygens (including phenoxy) is 1. The molecule has 4 heterocycles. The Kier molecular flexibility index (Phi) is 5.76. The van der Waals surface area contributed by atoms with Crippen LogP contribution in [-0.2, 0) is 0 Å². The summed E-state index contributed by atoms with van der Waals surface area (Å²) in [6.07, 6.45) is 5.01. The van der Waals surface area contributed by atoms with Crippen LogP contribution in [0.2, 0.25) is 0 Å². The first-order valence-electron chi connectivity index (χ1n) is 11.5. The Morgan fingerprint density at radius 2 is 1.46 bits per heavy atom. The van der Waals surface area contributed by atoms with Crippen LogP contribution in [0.3, 0.4) is 0 Å². The highest BCUT2D eigenvalue weighted by atomic mass is 16.5. The zero-order valence-electron chi connectivity index (χ0n) is 19.5. The Morgan fingerprint density at radius 1 is 0.649 bits per heavy atom. The number of rotatable bonds is 6. The van der Waals surface area contributed by atoms with Crippen molar-refractivity contribution < 1.29 is 4.74 Å². The third-order valence-corrected chi connectivity index (χ3v) is 5.65. The molecule has 0 aliphatic carbocycles. The number of nitrogen functional groups attached to an aromatic ring is 1. The highest BCUT2D eigenvalue weighted by Crippen LogP contribution is 2.33. The minimum Gasteiger partial charge on any atom is -0.438 e. The molecule has 3 N–H and O–H groups in total. The maximum absolute atomic E-state index is 6.07. The molecule has 0 fully saturated rings. The lowest BCUT2D eigenvalue weighted by molar-refractivity contribution is 0.465. The minimum atomic E-state index is 0.186. The molecule has 6 rings (SSSR count). The summed E-state index contributed by atoms with van der Waals surface area (Å²) < 4.78 is 6.07. The summed E-state index contributed by atoms with van der Waals surface area (Å²) in [5.41, 5.74) is 9.45. The van der Waals surface area contributed by atoms with E-state index in [1.54, 1.807) is 24.7 Å². The molecule has 0 spiro atoms. The standard InChI is InChI=1S/C28H20N8O/c29-28-32-17-14-23(34-28)22-8-5-16-31-27(22)37-19-12-10-18(11-13-19)33-26-21-7-2-1-6-20(21)25(35-36-26)24-9-3-4-15-30-24/h1-17H,(H,33,36)(H2,29,32,34). The van der Waals surface area contributed by atoms with Crippen LogP contribution in [0.4, 0.5) is 17.5 Å². The zero-order chi connectivity index (χ0) is 25.0. The molecule has 9 nitrogen and oxygen atoms in total. The van der Waals surface area contributed by atoms with Crippen molar-refractivity contribution in [1.29, 1.82) is 0 Å². The van der Waals surface area contributed by atoms with Crippen molar-refractivity contribution in [2.45, 2.75) is 0 Å². The van der Waals surface area contributed by atoms with Crippen molar-refractivity contribution in [3.8, 4) is 34.3 Å². The Morgan fingerprint density at radius 3 is 2.27 bits per heavy atom. The van der Waals surface area contributed by atoms with Crippen LogP contribution in [0.1, 0.15) is 0 Å². The molecule has 37 heavy (non-hydrogen) atoms. The van der Waals surface area contributed by atoms with E-state index in [-0.39, 0.29) is 5.95 Å². The van der Waals surface area contributed by atoms with E-state index in [0.29, 0.717) is 28.7 Å². The monoisotopic (exact) mass is 484 g/mol. The fourth-order valence-corrected chi connectivity index (χ4v) is 3.93. The first-order chi connectivity index (χ1) is 18.2. The summed E-state index contributed by atoms with van der Waals surface area (Å²) >= 11 is 0. The maximum atomic E-state index is 6.07. The Bertz CT molecular complexity index is 1690. The van der Waals surface area contributed by atoms with Gasteiger partial charge in [0.05, 0.1) is 17.0 Å². The van der Waals surface area contributed by atoms with E-state index >= 15 is 0 Å². The van der Waals surface area contributed by atoms with Crippen LogP contribution >= 0.6 is 0 Å². The van der Waals surface area contributed by atoms with Crippen molar-refractivity contribution in [2.24, 2.45) is 0 Å². The molecule has 178 valence electrons. The van der Waals surface area contributed by atoms with Crippen molar-refractivity contribution in [2.75, 3.05) is 11.1 Å². The van der Waals surface area contributed by atoms with E-state index in [1.165, 1.54) is 0 Å². The normalized spacial score (nSPS) is 10.8. The first kappa shape index (κ1) is 22.1. The topological polar surface area (TPSA) is 125 Å². The van der Waals surface area contributed by atoms with Gasteiger partial charge < -0.3 is 15.8 Å². The number of aromatic nitrogens is 6. The second-order valence-electron chi connectivity index (χ2n) is 8.07. The average Bonchev–Trinajstić information content (AvgIpc) is 2.95. The quantitative estimate of drug-likeness (QED) is 0.308. The highest BCUT2D eigenvalue weighted by molar-refractivity contribution is 6.00. The molecular weight excluding hydrogens is 464 g/mol. The van der Waals surface area contributed by atoms with Gasteiger partial charge in [-0.2, -0.15) is 0 Å². The molecule has 0 aliphatic rings.